The molecular weight excluding hydrogens is 280 g/mol. The Hall–Kier alpha value is -1.94. The fraction of sp³-hybridized carbons (Fsp3) is 0.235. The van der Waals surface area contributed by atoms with E-state index >= 15 is 0 Å². The molecule has 0 heterocycles. The minimum atomic E-state index is -0.00662. The van der Waals surface area contributed by atoms with E-state index in [9.17, 15) is 4.79 Å². The van der Waals surface area contributed by atoms with Crippen molar-refractivity contribution in [1.82, 2.24) is 0 Å². The number of nitrogen functional groups attached to an aromatic ring is 1. The number of hydrogen-bond donors (Lipinski definition) is 2. The van der Waals surface area contributed by atoms with Gasteiger partial charge in [0, 0.05) is 16.3 Å². The van der Waals surface area contributed by atoms with Crippen LogP contribution in [0.2, 0.25) is 0 Å². The maximum atomic E-state index is 12.0. The Labute approximate surface area is 129 Å². The highest BCUT2D eigenvalue weighted by Gasteiger charge is 2.07. The quantitative estimate of drug-likeness (QED) is 0.664. The maximum absolute atomic E-state index is 12.0. The van der Waals surface area contributed by atoms with Crippen molar-refractivity contribution in [2.24, 2.45) is 0 Å². The monoisotopic (exact) mass is 300 g/mol. The zero-order chi connectivity index (χ0) is 15.4. The number of anilines is 2. The Balaban J connectivity index is 1.96. The smallest absolute Gasteiger partial charge is 0.234 e. The third-order valence-corrected chi connectivity index (χ3v) is 4.39. The minimum absolute atomic E-state index is 0.00662. The maximum Gasteiger partial charge on any atom is 0.234 e. The van der Waals surface area contributed by atoms with Gasteiger partial charge in [0.1, 0.15) is 0 Å². The average molecular weight is 300 g/mol. The molecule has 2 rings (SSSR count). The van der Waals surface area contributed by atoms with E-state index in [1.54, 1.807) is 17.8 Å². The van der Waals surface area contributed by atoms with Crippen molar-refractivity contribution in [3.8, 4) is 0 Å². The van der Waals surface area contributed by atoms with Crippen molar-refractivity contribution in [2.75, 3.05) is 16.8 Å². The van der Waals surface area contributed by atoms with Gasteiger partial charge in [0.2, 0.25) is 5.91 Å². The zero-order valence-electron chi connectivity index (χ0n) is 12.6. The van der Waals surface area contributed by atoms with Crippen LogP contribution < -0.4 is 11.1 Å². The molecule has 0 unspecified atom stereocenters. The molecule has 0 aromatic heterocycles. The molecule has 1 amide bonds. The molecule has 2 aromatic rings. The number of amides is 1. The average Bonchev–Trinajstić information content (AvgIpc) is 2.41. The highest BCUT2D eigenvalue weighted by molar-refractivity contribution is 8.00. The largest absolute Gasteiger partial charge is 0.399 e. The van der Waals surface area contributed by atoms with Crippen molar-refractivity contribution >= 4 is 29.0 Å². The third-order valence-electron chi connectivity index (χ3n) is 3.21. The van der Waals surface area contributed by atoms with Crippen LogP contribution in [0.5, 0.6) is 0 Å². The third kappa shape index (κ3) is 4.26. The van der Waals surface area contributed by atoms with Crippen molar-refractivity contribution in [3.05, 3.63) is 53.1 Å². The van der Waals surface area contributed by atoms with Gasteiger partial charge in [-0.2, -0.15) is 0 Å². The van der Waals surface area contributed by atoms with Gasteiger partial charge in [-0.1, -0.05) is 17.7 Å². The van der Waals surface area contributed by atoms with Gasteiger partial charge in [-0.3, -0.25) is 4.79 Å². The lowest BCUT2D eigenvalue weighted by Gasteiger charge is -2.10. The first kappa shape index (κ1) is 15.4. The molecule has 3 N–H and O–H groups in total. The molecule has 0 saturated carbocycles. The number of rotatable bonds is 4. The van der Waals surface area contributed by atoms with Crippen molar-refractivity contribution in [1.29, 1.82) is 0 Å². The number of carbonyl (C=O) groups excluding carboxylic acids is 1. The second-order valence-corrected chi connectivity index (χ2v) is 6.20. The van der Waals surface area contributed by atoms with E-state index < -0.39 is 0 Å². The molecule has 0 fully saturated rings. The minimum Gasteiger partial charge on any atom is -0.399 e. The van der Waals surface area contributed by atoms with Gasteiger partial charge in [0.25, 0.3) is 0 Å². The first-order valence-corrected chi connectivity index (χ1v) is 7.80. The van der Waals surface area contributed by atoms with Crippen LogP contribution in [0.3, 0.4) is 0 Å². The summed E-state index contributed by atoms with van der Waals surface area (Å²) in [5.41, 5.74) is 10.6. The van der Waals surface area contributed by atoms with E-state index in [0.717, 1.165) is 16.1 Å². The predicted molar refractivity (Wildman–Crippen MR) is 90.9 cm³/mol. The molecule has 0 spiro atoms. The normalized spacial score (nSPS) is 10.4. The summed E-state index contributed by atoms with van der Waals surface area (Å²) in [7, 11) is 0. The number of thioether (sulfide) groups is 1. The first-order chi connectivity index (χ1) is 9.95. The van der Waals surface area contributed by atoms with Gasteiger partial charge in [-0.15, -0.1) is 11.8 Å². The van der Waals surface area contributed by atoms with Crippen LogP contribution in [0.15, 0.2) is 41.3 Å². The molecule has 2 aromatic carbocycles. The van der Waals surface area contributed by atoms with Crippen LogP contribution in [0, 0.1) is 20.8 Å². The van der Waals surface area contributed by atoms with E-state index in [2.05, 4.69) is 37.4 Å². The Kier molecular flexibility index (Phi) is 4.91. The SMILES string of the molecule is Cc1ccc(SCC(=O)Nc2ccc(N)cc2C)c(C)c1. The second kappa shape index (κ2) is 6.68. The molecule has 0 aliphatic carbocycles. The summed E-state index contributed by atoms with van der Waals surface area (Å²) in [6, 6.07) is 11.7. The summed E-state index contributed by atoms with van der Waals surface area (Å²) >= 11 is 1.56. The molecule has 0 saturated heterocycles. The molecule has 0 aliphatic heterocycles. The number of benzene rings is 2. The summed E-state index contributed by atoms with van der Waals surface area (Å²) in [5, 5.41) is 2.92. The van der Waals surface area contributed by atoms with E-state index in [1.807, 2.05) is 19.1 Å². The van der Waals surface area contributed by atoms with Crippen molar-refractivity contribution in [2.45, 2.75) is 25.7 Å². The van der Waals surface area contributed by atoms with Gasteiger partial charge in [0.05, 0.1) is 5.75 Å². The van der Waals surface area contributed by atoms with Gasteiger partial charge in [-0.25, -0.2) is 0 Å². The molecule has 3 nitrogen and oxygen atoms in total. The van der Waals surface area contributed by atoms with Crippen molar-refractivity contribution in [3.63, 3.8) is 0 Å². The Morgan fingerprint density at radius 1 is 1.10 bits per heavy atom. The summed E-state index contributed by atoms with van der Waals surface area (Å²) in [4.78, 5) is 13.2. The standard InChI is InChI=1S/C17H20N2OS/c1-11-4-7-16(13(3)8-11)21-10-17(20)19-15-6-5-14(18)9-12(15)2/h4-9H,10,18H2,1-3H3,(H,19,20). The Morgan fingerprint density at radius 2 is 1.86 bits per heavy atom. The number of aryl methyl sites for hydroxylation is 3. The summed E-state index contributed by atoms with van der Waals surface area (Å²) < 4.78 is 0. The second-order valence-electron chi connectivity index (χ2n) is 5.18. The molecular formula is C17H20N2OS. The predicted octanol–water partition coefficient (Wildman–Crippen LogP) is 3.92. The molecule has 21 heavy (non-hydrogen) atoms. The fourth-order valence-electron chi connectivity index (χ4n) is 2.12. The highest BCUT2D eigenvalue weighted by Crippen LogP contribution is 2.24. The van der Waals surface area contributed by atoms with Gasteiger partial charge in [0.15, 0.2) is 0 Å². The van der Waals surface area contributed by atoms with Crippen LogP contribution in [0.25, 0.3) is 0 Å². The van der Waals surface area contributed by atoms with Crippen LogP contribution in [-0.4, -0.2) is 11.7 Å². The molecule has 4 heteroatoms. The van der Waals surface area contributed by atoms with Crippen molar-refractivity contribution < 1.29 is 4.79 Å². The highest BCUT2D eigenvalue weighted by atomic mass is 32.2. The number of carbonyl (C=O) groups is 1. The Morgan fingerprint density at radius 3 is 2.52 bits per heavy atom. The van der Waals surface area contributed by atoms with E-state index in [-0.39, 0.29) is 5.91 Å². The molecule has 0 aliphatic rings. The van der Waals surface area contributed by atoms with Crippen LogP contribution in [0.1, 0.15) is 16.7 Å². The number of nitrogens with one attached hydrogen (secondary N) is 1. The van der Waals surface area contributed by atoms with Gasteiger partial charge < -0.3 is 11.1 Å². The number of hydrogen-bond acceptors (Lipinski definition) is 3. The summed E-state index contributed by atoms with van der Waals surface area (Å²) in [5.74, 6) is 0.390. The van der Waals surface area contributed by atoms with Crippen LogP contribution in [-0.2, 0) is 4.79 Å². The lowest BCUT2D eigenvalue weighted by molar-refractivity contribution is -0.113. The van der Waals surface area contributed by atoms with E-state index in [1.165, 1.54) is 11.1 Å². The Bertz CT molecular complexity index is 668. The fourth-order valence-corrected chi connectivity index (χ4v) is 2.93. The first-order valence-electron chi connectivity index (χ1n) is 6.82. The van der Waals surface area contributed by atoms with Crippen LogP contribution >= 0.6 is 11.8 Å². The number of nitrogens with two attached hydrogens (primary N) is 1. The van der Waals surface area contributed by atoms with Crippen LogP contribution in [0.4, 0.5) is 11.4 Å². The summed E-state index contributed by atoms with van der Waals surface area (Å²) in [6.45, 7) is 6.07. The van der Waals surface area contributed by atoms with Gasteiger partial charge >= 0.3 is 0 Å². The molecule has 0 radical (unpaired) electrons. The zero-order valence-corrected chi connectivity index (χ0v) is 13.4. The molecule has 0 bridgehead atoms. The topological polar surface area (TPSA) is 55.1 Å². The van der Waals surface area contributed by atoms with E-state index in [0.29, 0.717) is 11.4 Å². The molecule has 0 atom stereocenters. The molecule has 110 valence electrons. The summed E-state index contributed by atoms with van der Waals surface area (Å²) in [6.07, 6.45) is 0. The van der Waals surface area contributed by atoms with Gasteiger partial charge in [-0.05, 0) is 56.2 Å². The lowest BCUT2D eigenvalue weighted by Crippen LogP contribution is -2.15. The van der Waals surface area contributed by atoms with E-state index in [4.69, 9.17) is 5.73 Å². The lowest BCUT2D eigenvalue weighted by atomic mass is 10.2.